The van der Waals surface area contributed by atoms with Crippen LogP contribution in [0.2, 0.25) is 5.28 Å². The molecule has 2 atom stereocenters. The number of anilines is 1. The zero-order chi connectivity index (χ0) is 13.7. The third-order valence-corrected chi connectivity index (χ3v) is 4.60. The second-order valence-electron chi connectivity index (χ2n) is 5.15. The van der Waals surface area contributed by atoms with Gasteiger partial charge < -0.3 is 5.32 Å². The van der Waals surface area contributed by atoms with Crippen LogP contribution in [0.5, 0.6) is 0 Å². The molecule has 0 saturated heterocycles. The summed E-state index contributed by atoms with van der Waals surface area (Å²) in [5.41, 5.74) is 0. The van der Waals surface area contributed by atoms with Crippen molar-refractivity contribution >= 4 is 29.3 Å². The van der Waals surface area contributed by atoms with Crippen LogP contribution < -0.4 is 5.32 Å². The molecule has 0 aromatic carbocycles. The van der Waals surface area contributed by atoms with Gasteiger partial charge in [-0.2, -0.15) is 15.0 Å². The van der Waals surface area contributed by atoms with Crippen LogP contribution in [0, 0.1) is 5.92 Å². The summed E-state index contributed by atoms with van der Waals surface area (Å²) >= 11 is 7.70. The van der Waals surface area contributed by atoms with Crippen LogP contribution in [0.25, 0.3) is 0 Å². The molecule has 0 aliphatic heterocycles. The predicted octanol–water partition coefficient (Wildman–Crippen LogP) is 4.02. The van der Waals surface area contributed by atoms with E-state index in [1.807, 2.05) is 0 Å². The Balaban J connectivity index is 2.00. The van der Waals surface area contributed by atoms with E-state index in [0.29, 0.717) is 11.2 Å². The van der Waals surface area contributed by atoms with Gasteiger partial charge in [0.15, 0.2) is 5.16 Å². The van der Waals surface area contributed by atoms with E-state index in [2.05, 4.69) is 34.1 Å². The third-order valence-electron chi connectivity index (χ3n) is 3.28. The van der Waals surface area contributed by atoms with E-state index in [1.165, 1.54) is 25.7 Å². The lowest BCUT2D eigenvalue weighted by molar-refractivity contribution is 0.394. The van der Waals surface area contributed by atoms with Gasteiger partial charge in [0.1, 0.15) is 0 Å². The molecule has 0 spiro atoms. The van der Waals surface area contributed by atoms with Gasteiger partial charge in [0.05, 0.1) is 0 Å². The van der Waals surface area contributed by atoms with Crippen LogP contribution in [0.1, 0.15) is 46.0 Å². The average Bonchev–Trinajstić information content (AvgIpc) is 2.35. The number of thioether (sulfide) groups is 1. The maximum atomic E-state index is 5.96. The van der Waals surface area contributed by atoms with E-state index in [4.69, 9.17) is 11.6 Å². The van der Waals surface area contributed by atoms with E-state index in [0.717, 1.165) is 24.0 Å². The Hall–Kier alpha value is -0.550. The van der Waals surface area contributed by atoms with Gasteiger partial charge in [-0.25, -0.2) is 0 Å². The quantitative estimate of drug-likeness (QED) is 0.890. The Morgan fingerprint density at radius 2 is 2.16 bits per heavy atom. The number of nitrogens with one attached hydrogen (secondary N) is 1. The number of aromatic nitrogens is 3. The maximum absolute atomic E-state index is 5.96. The topological polar surface area (TPSA) is 50.7 Å². The van der Waals surface area contributed by atoms with Gasteiger partial charge in [-0.05, 0) is 36.8 Å². The van der Waals surface area contributed by atoms with Crippen LogP contribution >= 0.6 is 23.4 Å². The number of halogens is 1. The number of nitrogens with zero attached hydrogens (tertiary/aromatic N) is 3. The average molecular weight is 301 g/mol. The second kappa shape index (κ2) is 7.29. The predicted molar refractivity (Wildman–Crippen MR) is 80.9 cm³/mol. The highest BCUT2D eigenvalue weighted by Gasteiger charge is 2.21. The van der Waals surface area contributed by atoms with E-state index < -0.39 is 0 Å². The minimum Gasteiger partial charge on any atom is -0.354 e. The lowest BCUT2D eigenvalue weighted by atomic mass is 9.91. The molecule has 19 heavy (non-hydrogen) atoms. The Labute approximate surface area is 124 Å². The highest BCUT2D eigenvalue weighted by Crippen LogP contribution is 2.35. The number of rotatable bonds is 5. The summed E-state index contributed by atoms with van der Waals surface area (Å²) in [5, 5.41) is 4.80. The number of hydrogen-bond donors (Lipinski definition) is 1. The molecule has 2 rings (SSSR count). The fourth-order valence-electron chi connectivity index (χ4n) is 2.34. The fraction of sp³-hybridized carbons (Fsp3) is 0.769. The molecule has 4 nitrogen and oxygen atoms in total. The van der Waals surface area contributed by atoms with Crippen LogP contribution in [0.4, 0.5) is 5.95 Å². The molecule has 1 saturated carbocycles. The third kappa shape index (κ3) is 4.80. The van der Waals surface area contributed by atoms with Crippen LogP contribution in [-0.4, -0.2) is 26.7 Å². The first-order valence-corrected chi connectivity index (χ1v) is 8.25. The summed E-state index contributed by atoms with van der Waals surface area (Å²) in [6.07, 6.45) is 6.17. The van der Waals surface area contributed by atoms with Crippen molar-refractivity contribution in [1.82, 2.24) is 15.0 Å². The largest absolute Gasteiger partial charge is 0.354 e. The summed E-state index contributed by atoms with van der Waals surface area (Å²) in [6, 6.07) is 0. The lowest BCUT2D eigenvalue weighted by Gasteiger charge is -2.25. The van der Waals surface area contributed by atoms with Gasteiger partial charge >= 0.3 is 0 Å². The lowest BCUT2D eigenvalue weighted by Crippen LogP contribution is -2.16. The maximum Gasteiger partial charge on any atom is 0.228 e. The van der Waals surface area contributed by atoms with Crippen molar-refractivity contribution in [2.75, 3.05) is 11.9 Å². The summed E-state index contributed by atoms with van der Waals surface area (Å²) in [4.78, 5) is 12.8. The molecule has 0 amide bonds. The molecule has 1 aromatic heterocycles. The fourth-order valence-corrected chi connectivity index (χ4v) is 3.83. The van der Waals surface area contributed by atoms with Crippen molar-refractivity contribution in [2.45, 2.75) is 56.4 Å². The monoisotopic (exact) mass is 300 g/mol. The van der Waals surface area contributed by atoms with Gasteiger partial charge in [0.2, 0.25) is 11.2 Å². The molecular weight excluding hydrogens is 280 g/mol. The van der Waals surface area contributed by atoms with Crippen LogP contribution in [-0.2, 0) is 0 Å². The highest BCUT2D eigenvalue weighted by molar-refractivity contribution is 7.99. The summed E-state index contributed by atoms with van der Waals surface area (Å²) in [7, 11) is 0. The molecular formula is C13H21ClN4S. The molecule has 0 bridgehead atoms. The van der Waals surface area contributed by atoms with Crippen LogP contribution in [0.3, 0.4) is 0 Å². The number of hydrogen-bond acceptors (Lipinski definition) is 5. The van der Waals surface area contributed by atoms with Crippen molar-refractivity contribution in [1.29, 1.82) is 0 Å². The molecule has 106 valence electrons. The molecule has 1 heterocycles. The summed E-state index contributed by atoms with van der Waals surface area (Å²) < 4.78 is 0. The molecule has 0 radical (unpaired) electrons. The van der Waals surface area contributed by atoms with Gasteiger partial charge in [-0.3, -0.25) is 0 Å². The molecule has 1 aromatic rings. The van der Waals surface area contributed by atoms with Gasteiger partial charge in [0, 0.05) is 11.8 Å². The van der Waals surface area contributed by atoms with Crippen molar-refractivity contribution in [3.63, 3.8) is 0 Å². The molecule has 1 aliphatic rings. The standard InChI is InChI=1S/C13H21ClN4S/c1-3-7-15-12-16-11(14)17-13(18-12)19-10-6-4-5-9(2)8-10/h9-10H,3-8H2,1-2H3,(H,15,16,17,18). The molecule has 1 fully saturated rings. The zero-order valence-electron chi connectivity index (χ0n) is 11.5. The van der Waals surface area contributed by atoms with E-state index in [1.54, 1.807) is 11.8 Å². The Morgan fingerprint density at radius 3 is 2.89 bits per heavy atom. The Morgan fingerprint density at radius 1 is 1.32 bits per heavy atom. The zero-order valence-corrected chi connectivity index (χ0v) is 13.1. The van der Waals surface area contributed by atoms with Gasteiger partial charge in [-0.15, -0.1) is 0 Å². The van der Waals surface area contributed by atoms with Crippen molar-refractivity contribution < 1.29 is 0 Å². The molecule has 1 aliphatic carbocycles. The Kier molecular flexibility index (Phi) is 5.70. The Bertz CT molecular complexity index is 416. The first kappa shape index (κ1) is 14.9. The highest BCUT2D eigenvalue weighted by atomic mass is 35.5. The minimum atomic E-state index is 0.278. The second-order valence-corrected chi connectivity index (χ2v) is 6.75. The first-order valence-electron chi connectivity index (χ1n) is 6.99. The smallest absolute Gasteiger partial charge is 0.228 e. The minimum absolute atomic E-state index is 0.278. The van der Waals surface area contributed by atoms with Gasteiger partial charge in [-0.1, -0.05) is 38.5 Å². The van der Waals surface area contributed by atoms with E-state index >= 15 is 0 Å². The van der Waals surface area contributed by atoms with Crippen molar-refractivity contribution in [2.24, 2.45) is 5.92 Å². The summed E-state index contributed by atoms with van der Waals surface area (Å²) in [6.45, 7) is 5.28. The van der Waals surface area contributed by atoms with E-state index in [-0.39, 0.29) is 5.28 Å². The van der Waals surface area contributed by atoms with Crippen molar-refractivity contribution in [3.8, 4) is 0 Å². The van der Waals surface area contributed by atoms with E-state index in [9.17, 15) is 0 Å². The summed E-state index contributed by atoms with van der Waals surface area (Å²) in [5.74, 6) is 1.40. The molecule has 1 N–H and O–H groups in total. The van der Waals surface area contributed by atoms with Gasteiger partial charge in [0.25, 0.3) is 0 Å². The first-order chi connectivity index (χ1) is 9.17. The normalized spacial score (nSPS) is 23.3. The van der Waals surface area contributed by atoms with Crippen molar-refractivity contribution in [3.05, 3.63) is 5.28 Å². The molecule has 2 unspecified atom stereocenters. The SMILES string of the molecule is CCCNc1nc(Cl)nc(SC2CCCC(C)C2)n1. The van der Waals surface area contributed by atoms with Crippen LogP contribution in [0.15, 0.2) is 5.16 Å². The molecule has 6 heteroatoms.